The van der Waals surface area contributed by atoms with Crippen LogP contribution in [-0.2, 0) is 4.79 Å². The smallest absolute Gasteiger partial charge is 0.305 e. The number of carbonyl (C=O) groups is 1. The first-order valence-corrected chi connectivity index (χ1v) is 7.43. The molecule has 0 aromatic heterocycles. The molecule has 0 aliphatic heterocycles. The number of nitrogens with one attached hydrogen (secondary N) is 1. The van der Waals surface area contributed by atoms with Gasteiger partial charge in [-0.1, -0.05) is 38.3 Å². The molecule has 2 atom stereocenters. The van der Waals surface area contributed by atoms with Crippen LogP contribution in [0, 0.1) is 5.82 Å². The number of benzene rings is 1. The van der Waals surface area contributed by atoms with Crippen LogP contribution < -0.4 is 5.32 Å². The van der Waals surface area contributed by atoms with E-state index in [2.05, 4.69) is 12.2 Å². The molecule has 1 aromatic rings. The molecule has 0 saturated carbocycles. The number of aliphatic carboxylic acids is 1. The SMILES string of the molecule is CCCCCCNC(CC(=O)O)C(O)c1ccc(F)cc1. The number of halogens is 1. The molecule has 1 rings (SSSR count). The van der Waals surface area contributed by atoms with Gasteiger partial charge in [-0.25, -0.2) is 4.39 Å². The predicted molar refractivity (Wildman–Crippen MR) is 79.5 cm³/mol. The minimum atomic E-state index is -0.970. The second-order valence-electron chi connectivity index (χ2n) is 5.22. The summed E-state index contributed by atoms with van der Waals surface area (Å²) < 4.78 is 12.9. The number of rotatable bonds is 10. The molecule has 0 amide bonds. The van der Waals surface area contributed by atoms with Crippen molar-refractivity contribution >= 4 is 5.97 Å². The lowest BCUT2D eigenvalue weighted by atomic mass is 9.99. The van der Waals surface area contributed by atoms with Crippen molar-refractivity contribution in [1.82, 2.24) is 5.32 Å². The third-order valence-electron chi connectivity index (χ3n) is 3.42. The predicted octanol–water partition coefficient (Wildman–Crippen LogP) is 2.87. The molecule has 21 heavy (non-hydrogen) atoms. The highest BCUT2D eigenvalue weighted by Gasteiger charge is 2.23. The highest BCUT2D eigenvalue weighted by Crippen LogP contribution is 2.19. The fraction of sp³-hybridized carbons (Fsp3) is 0.562. The third kappa shape index (κ3) is 6.69. The van der Waals surface area contributed by atoms with Gasteiger partial charge in [0.05, 0.1) is 12.5 Å². The van der Waals surface area contributed by atoms with Crippen LogP contribution in [0.25, 0.3) is 0 Å². The summed E-state index contributed by atoms with van der Waals surface area (Å²) in [6.07, 6.45) is 3.16. The molecule has 1 aromatic carbocycles. The lowest BCUT2D eigenvalue weighted by molar-refractivity contribution is -0.138. The first-order valence-electron chi connectivity index (χ1n) is 7.43. The number of hydrogen-bond donors (Lipinski definition) is 3. The van der Waals surface area contributed by atoms with Crippen molar-refractivity contribution in [2.75, 3.05) is 6.54 Å². The highest BCUT2D eigenvalue weighted by atomic mass is 19.1. The molecular weight excluding hydrogens is 273 g/mol. The highest BCUT2D eigenvalue weighted by molar-refractivity contribution is 5.67. The van der Waals surface area contributed by atoms with Crippen molar-refractivity contribution in [2.45, 2.75) is 51.2 Å². The molecule has 0 heterocycles. The molecule has 0 bridgehead atoms. The summed E-state index contributed by atoms with van der Waals surface area (Å²) in [7, 11) is 0. The average Bonchev–Trinajstić information content (AvgIpc) is 2.45. The molecular formula is C16H24FNO3. The molecule has 0 fully saturated rings. The monoisotopic (exact) mass is 297 g/mol. The van der Waals surface area contributed by atoms with Gasteiger partial charge >= 0.3 is 5.97 Å². The summed E-state index contributed by atoms with van der Waals surface area (Å²) in [6.45, 7) is 2.79. The molecule has 0 aliphatic carbocycles. The lowest BCUT2D eigenvalue weighted by Crippen LogP contribution is -2.37. The fourth-order valence-corrected chi connectivity index (χ4v) is 2.22. The molecule has 5 heteroatoms. The van der Waals surface area contributed by atoms with Crippen LogP contribution in [-0.4, -0.2) is 28.8 Å². The molecule has 0 aliphatic rings. The Labute approximate surface area is 125 Å². The quantitative estimate of drug-likeness (QED) is 0.581. The Morgan fingerprint density at radius 1 is 1.24 bits per heavy atom. The average molecular weight is 297 g/mol. The molecule has 2 unspecified atom stereocenters. The maximum atomic E-state index is 12.9. The van der Waals surface area contributed by atoms with Crippen molar-refractivity contribution in [1.29, 1.82) is 0 Å². The van der Waals surface area contributed by atoms with Crippen LogP contribution in [0.5, 0.6) is 0 Å². The zero-order chi connectivity index (χ0) is 15.7. The van der Waals surface area contributed by atoms with E-state index in [-0.39, 0.29) is 12.2 Å². The second kappa shape index (κ2) is 9.47. The number of aliphatic hydroxyl groups excluding tert-OH is 1. The zero-order valence-electron chi connectivity index (χ0n) is 12.4. The lowest BCUT2D eigenvalue weighted by Gasteiger charge is -2.23. The summed E-state index contributed by atoms with van der Waals surface area (Å²) in [5.74, 6) is -1.35. The third-order valence-corrected chi connectivity index (χ3v) is 3.42. The normalized spacial score (nSPS) is 13.9. The van der Waals surface area contributed by atoms with Gasteiger partial charge in [0.2, 0.25) is 0 Å². The van der Waals surface area contributed by atoms with Gasteiger partial charge in [0.15, 0.2) is 0 Å². The molecule has 0 saturated heterocycles. The van der Waals surface area contributed by atoms with Crippen molar-refractivity contribution < 1.29 is 19.4 Å². The Morgan fingerprint density at radius 3 is 2.48 bits per heavy atom. The van der Waals surface area contributed by atoms with E-state index in [4.69, 9.17) is 5.11 Å². The number of carboxylic acid groups (broad SMARTS) is 1. The van der Waals surface area contributed by atoms with Crippen molar-refractivity contribution in [2.24, 2.45) is 0 Å². The van der Waals surface area contributed by atoms with Crippen LogP contribution in [0.1, 0.15) is 50.7 Å². The Bertz CT molecular complexity index is 422. The number of aliphatic hydroxyl groups is 1. The number of carboxylic acids is 1. The maximum absolute atomic E-state index is 12.9. The molecule has 4 nitrogen and oxygen atoms in total. The zero-order valence-corrected chi connectivity index (χ0v) is 12.4. The van der Waals surface area contributed by atoms with E-state index in [1.165, 1.54) is 24.3 Å². The van der Waals surface area contributed by atoms with E-state index < -0.39 is 18.1 Å². The van der Waals surface area contributed by atoms with Gasteiger partial charge in [0.25, 0.3) is 0 Å². The van der Waals surface area contributed by atoms with Gasteiger partial charge in [-0.05, 0) is 30.7 Å². The minimum absolute atomic E-state index is 0.174. The molecule has 0 spiro atoms. The van der Waals surface area contributed by atoms with E-state index in [9.17, 15) is 14.3 Å². The van der Waals surface area contributed by atoms with E-state index in [1.807, 2.05) is 0 Å². The number of unbranched alkanes of at least 4 members (excludes halogenated alkanes) is 3. The summed E-state index contributed by atoms with van der Waals surface area (Å²) in [6, 6.07) is 4.91. The summed E-state index contributed by atoms with van der Waals surface area (Å²) >= 11 is 0. The first-order chi connectivity index (χ1) is 10.0. The Kier molecular flexibility index (Phi) is 7.93. The van der Waals surface area contributed by atoms with Gasteiger partial charge < -0.3 is 15.5 Å². The maximum Gasteiger partial charge on any atom is 0.305 e. The van der Waals surface area contributed by atoms with Crippen LogP contribution in [0.3, 0.4) is 0 Å². The topological polar surface area (TPSA) is 69.6 Å². The van der Waals surface area contributed by atoms with Crippen LogP contribution >= 0.6 is 0 Å². The largest absolute Gasteiger partial charge is 0.481 e. The van der Waals surface area contributed by atoms with Gasteiger partial charge in [-0.15, -0.1) is 0 Å². The van der Waals surface area contributed by atoms with Gasteiger partial charge in [0.1, 0.15) is 5.82 Å². The van der Waals surface area contributed by atoms with Gasteiger partial charge in [-0.2, -0.15) is 0 Å². The van der Waals surface area contributed by atoms with E-state index in [0.717, 1.165) is 25.7 Å². The first kappa shape index (κ1) is 17.6. The fourth-order valence-electron chi connectivity index (χ4n) is 2.22. The van der Waals surface area contributed by atoms with Gasteiger partial charge in [-0.3, -0.25) is 4.79 Å². The van der Waals surface area contributed by atoms with E-state index in [0.29, 0.717) is 12.1 Å². The van der Waals surface area contributed by atoms with Crippen LogP contribution in [0.15, 0.2) is 24.3 Å². The van der Waals surface area contributed by atoms with Gasteiger partial charge in [0, 0.05) is 6.04 Å². The van der Waals surface area contributed by atoms with Crippen molar-refractivity contribution in [3.63, 3.8) is 0 Å². The van der Waals surface area contributed by atoms with Crippen LogP contribution in [0.4, 0.5) is 4.39 Å². The standard InChI is InChI=1S/C16H24FNO3/c1-2-3-4-5-10-18-14(11-15(19)20)16(21)12-6-8-13(17)9-7-12/h6-9,14,16,18,21H,2-5,10-11H2,1H3,(H,19,20). The molecule has 0 radical (unpaired) electrons. The Hall–Kier alpha value is -1.46. The second-order valence-corrected chi connectivity index (χ2v) is 5.22. The minimum Gasteiger partial charge on any atom is -0.481 e. The van der Waals surface area contributed by atoms with Crippen molar-refractivity contribution in [3.8, 4) is 0 Å². The Balaban J connectivity index is 2.58. The van der Waals surface area contributed by atoms with E-state index in [1.54, 1.807) is 0 Å². The van der Waals surface area contributed by atoms with Crippen molar-refractivity contribution in [3.05, 3.63) is 35.6 Å². The molecule has 3 N–H and O–H groups in total. The van der Waals surface area contributed by atoms with Crippen LogP contribution in [0.2, 0.25) is 0 Å². The van der Waals surface area contributed by atoms with E-state index >= 15 is 0 Å². The Morgan fingerprint density at radius 2 is 1.90 bits per heavy atom. The summed E-state index contributed by atoms with van der Waals surface area (Å²) in [5.41, 5.74) is 0.517. The number of hydrogen-bond acceptors (Lipinski definition) is 3. The summed E-state index contributed by atoms with van der Waals surface area (Å²) in [5, 5.41) is 22.3. The molecule has 118 valence electrons. The summed E-state index contributed by atoms with van der Waals surface area (Å²) in [4.78, 5) is 10.9.